The second-order valence-electron chi connectivity index (χ2n) is 8.70. The molecule has 0 unspecified atom stereocenters. The molecule has 0 fully saturated rings. The molecule has 3 aromatic rings. The lowest BCUT2D eigenvalue weighted by molar-refractivity contribution is -0.138. The quantitative estimate of drug-likeness (QED) is 0.518. The summed E-state index contributed by atoms with van der Waals surface area (Å²) in [4.78, 5) is 31.9. The van der Waals surface area contributed by atoms with Crippen molar-refractivity contribution in [1.29, 1.82) is 0 Å². The van der Waals surface area contributed by atoms with Gasteiger partial charge in [-0.15, -0.1) is 0 Å². The van der Waals surface area contributed by atoms with E-state index in [0.29, 0.717) is 12.5 Å². The Morgan fingerprint density at radius 3 is 2.27 bits per heavy atom. The van der Waals surface area contributed by atoms with Crippen molar-refractivity contribution in [3.63, 3.8) is 0 Å². The summed E-state index contributed by atoms with van der Waals surface area (Å²) >= 11 is 0. The Morgan fingerprint density at radius 1 is 1.03 bits per heavy atom. The average Bonchev–Trinajstić information content (AvgIpc) is 3.22. The Labute approximate surface area is 195 Å². The Balaban J connectivity index is 1.90. The number of nitrogens with zero attached hydrogens (tertiary/aromatic N) is 3. The first-order chi connectivity index (χ1) is 15.8. The molecule has 0 aliphatic heterocycles. The van der Waals surface area contributed by atoms with Crippen LogP contribution in [0.15, 0.2) is 60.8 Å². The van der Waals surface area contributed by atoms with Gasteiger partial charge in [-0.1, -0.05) is 58.0 Å². The number of carbonyl (C=O) groups is 2. The van der Waals surface area contributed by atoms with Crippen molar-refractivity contribution in [2.45, 2.75) is 27.7 Å². The smallest absolute Gasteiger partial charge is 0.246 e. The highest BCUT2D eigenvalue weighted by Crippen LogP contribution is 2.25. The molecule has 1 aromatic heterocycles. The maximum atomic E-state index is 13.0. The van der Waals surface area contributed by atoms with Crippen LogP contribution in [0.3, 0.4) is 0 Å². The fourth-order valence-corrected chi connectivity index (χ4v) is 3.53. The first-order valence-electron chi connectivity index (χ1n) is 11.2. The van der Waals surface area contributed by atoms with Crippen molar-refractivity contribution in [3.05, 3.63) is 60.8 Å². The number of hydrogen-bond donors (Lipinski definition) is 1. The van der Waals surface area contributed by atoms with E-state index in [0.717, 1.165) is 22.7 Å². The number of benzene rings is 2. The molecule has 33 heavy (non-hydrogen) atoms. The van der Waals surface area contributed by atoms with Crippen LogP contribution in [0.5, 0.6) is 5.75 Å². The number of carbonyl (C=O) groups excluding carboxylic acids is 2. The average molecular weight is 449 g/mol. The summed E-state index contributed by atoms with van der Waals surface area (Å²) in [5, 5.41) is 2.91. The van der Waals surface area contributed by atoms with Gasteiger partial charge in [-0.2, -0.15) is 0 Å². The van der Waals surface area contributed by atoms with E-state index in [2.05, 4.69) is 10.3 Å². The molecular formula is C26H32N4O3. The molecule has 2 amide bonds. The summed E-state index contributed by atoms with van der Waals surface area (Å²) in [6, 6.07) is 17.3. The molecular weight excluding hydrogens is 416 g/mol. The van der Waals surface area contributed by atoms with Gasteiger partial charge < -0.3 is 9.64 Å². The number of methoxy groups -OCH3 is 1. The van der Waals surface area contributed by atoms with E-state index in [4.69, 9.17) is 4.74 Å². The predicted molar refractivity (Wildman–Crippen MR) is 130 cm³/mol. The van der Waals surface area contributed by atoms with E-state index >= 15 is 0 Å². The number of hydrogen-bond acceptors (Lipinski definition) is 4. The summed E-state index contributed by atoms with van der Waals surface area (Å²) in [6.45, 7) is 8.24. The number of anilines is 1. The van der Waals surface area contributed by atoms with E-state index in [1.807, 2.05) is 93.1 Å². The number of ether oxygens (including phenoxy) is 1. The number of imidazole rings is 1. The van der Waals surface area contributed by atoms with Crippen LogP contribution >= 0.6 is 0 Å². The van der Waals surface area contributed by atoms with Gasteiger partial charge in [0.25, 0.3) is 0 Å². The summed E-state index contributed by atoms with van der Waals surface area (Å²) in [5.74, 6) is 0.885. The summed E-state index contributed by atoms with van der Waals surface area (Å²) in [7, 11) is 1.62. The number of amides is 2. The monoisotopic (exact) mass is 448 g/mol. The Morgan fingerprint density at radius 2 is 1.70 bits per heavy atom. The Hall–Kier alpha value is -3.61. The maximum Gasteiger partial charge on any atom is 0.246 e. The largest absolute Gasteiger partial charge is 0.497 e. The van der Waals surface area contributed by atoms with Gasteiger partial charge in [-0.3, -0.25) is 19.5 Å². The van der Waals surface area contributed by atoms with Crippen LogP contribution in [-0.2, 0) is 9.59 Å². The lowest BCUT2D eigenvalue weighted by Gasteiger charge is -2.25. The number of rotatable bonds is 9. The highest BCUT2D eigenvalue weighted by molar-refractivity contribution is 5.94. The zero-order chi connectivity index (χ0) is 24.0. The van der Waals surface area contributed by atoms with Gasteiger partial charge in [0.1, 0.15) is 5.75 Å². The highest BCUT2D eigenvalue weighted by Gasteiger charge is 2.22. The Kier molecular flexibility index (Phi) is 7.87. The van der Waals surface area contributed by atoms with Crippen molar-refractivity contribution in [1.82, 2.24) is 14.5 Å². The fraction of sp³-hybridized carbons (Fsp3) is 0.346. The van der Waals surface area contributed by atoms with E-state index in [-0.39, 0.29) is 30.2 Å². The zero-order valence-electron chi connectivity index (χ0n) is 19.9. The van der Waals surface area contributed by atoms with Crippen LogP contribution in [-0.4, -0.2) is 46.5 Å². The molecule has 0 aliphatic rings. The third-order valence-electron chi connectivity index (χ3n) is 5.10. The second kappa shape index (κ2) is 10.8. The SMILES string of the molecule is COc1ccc(-n2cc(-c3ccccc3)nc2NC(=O)CN(CC(C)C)C(=O)C(C)C)cc1. The zero-order valence-corrected chi connectivity index (χ0v) is 19.9. The highest BCUT2D eigenvalue weighted by atomic mass is 16.5. The molecule has 0 saturated carbocycles. The first-order valence-corrected chi connectivity index (χ1v) is 11.2. The lowest BCUT2D eigenvalue weighted by Crippen LogP contribution is -2.42. The van der Waals surface area contributed by atoms with E-state index in [9.17, 15) is 9.59 Å². The van der Waals surface area contributed by atoms with Crippen molar-refractivity contribution in [2.75, 3.05) is 25.5 Å². The standard InChI is InChI=1S/C26H32N4O3/c1-18(2)15-29(25(32)19(3)4)17-24(31)28-26-27-23(20-9-7-6-8-10-20)16-30(26)21-11-13-22(33-5)14-12-21/h6-14,16,18-19H,15,17H2,1-5H3,(H,27,28,31). The maximum absolute atomic E-state index is 13.0. The van der Waals surface area contributed by atoms with Crippen molar-refractivity contribution < 1.29 is 14.3 Å². The normalized spacial score (nSPS) is 11.0. The number of aromatic nitrogens is 2. The minimum Gasteiger partial charge on any atom is -0.497 e. The lowest BCUT2D eigenvalue weighted by atomic mass is 10.1. The third kappa shape index (κ3) is 6.22. The molecule has 0 bridgehead atoms. The molecule has 0 atom stereocenters. The van der Waals surface area contributed by atoms with Crippen LogP contribution in [0.25, 0.3) is 16.9 Å². The molecule has 7 heteroatoms. The van der Waals surface area contributed by atoms with Crippen LogP contribution < -0.4 is 10.1 Å². The summed E-state index contributed by atoms with van der Waals surface area (Å²) in [5.41, 5.74) is 2.51. The minimum atomic E-state index is -0.287. The van der Waals surface area contributed by atoms with Gasteiger partial charge in [0.2, 0.25) is 17.8 Å². The van der Waals surface area contributed by atoms with Crippen molar-refractivity contribution in [2.24, 2.45) is 11.8 Å². The molecule has 174 valence electrons. The Bertz CT molecular complexity index is 1070. The van der Waals surface area contributed by atoms with E-state index < -0.39 is 0 Å². The molecule has 7 nitrogen and oxygen atoms in total. The molecule has 0 radical (unpaired) electrons. The minimum absolute atomic E-state index is 0.0225. The molecule has 0 spiro atoms. The van der Waals surface area contributed by atoms with E-state index in [1.54, 1.807) is 12.0 Å². The molecule has 0 aliphatic carbocycles. The second-order valence-corrected chi connectivity index (χ2v) is 8.70. The van der Waals surface area contributed by atoms with Gasteiger partial charge in [0.15, 0.2) is 0 Å². The fourth-order valence-electron chi connectivity index (χ4n) is 3.53. The van der Waals surface area contributed by atoms with Gasteiger partial charge >= 0.3 is 0 Å². The van der Waals surface area contributed by atoms with Crippen molar-refractivity contribution >= 4 is 17.8 Å². The number of nitrogens with one attached hydrogen (secondary N) is 1. The first kappa shape index (κ1) is 24.0. The molecule has 1 heterocycles. The van der Waals surface area contributed by atoms with E-state index in [1.165, 1.54) is 0 Å². The van der Waals surface area contributed by atoms with Crippen LogP contribution in [0, 0.1) is 11.8 Å². The predicted octanol–water partition coefficient (Wildman–Crippen LogP) is 4.63. The van der Waals surface area contributed by atoms with Gasteiger partial charge in [-0.05, 0) is 30.2 Å². The summed E-state index contributed by atoms with van der Waals surface area (Å²) in [6.07, 6.45) is 1.89. The van der Waals surface area contributed by atoms with Crippen LogP contribution in [0.4, 0.5) is 5.95 Å². The topological polar surface area (TPSA) is 76.5 Å². The molecule has 1 N–H and O–H groups in total. The molecule has 3 rings (SSSR count). The molecule has 0 saturated heterocycles. The van der Waals surface area contributed by atoms with Crippen LogP contribution in [0.1, 0.15) is 27.7 Å². The van der Waals surface area contributed by atoms with Gasteiger partial charge in [0, 0.05) is 29.9 Å². The molecule has 2 aromatic carbocycles. The van der Waals surface area contributed by atoms with Crippen LogP contribution in [0.2, 0.25) is 0 Å². The summed E-state index contributed by atoms with van der Waals surface area (Å²) < 4.78 is 7.09. The van der Waals surface area contributed by atoms with Gasteiger partial charge in [0.05, 0.1) is 19.3 Å². The van der Waals surface area contributed by atoms with Gasteiger partial charge in [-0.25, -0.2) is 4.98 Å². The third-order valence-corrected chi connectivity index (χ3v) is 5.10. The van der Waals surface area contributed by atoms with Crippen molar-refractivity contribution in [3.8, 4) is 22.7 Å².